The van der Waals surface area contributed by atoms with Gasteiger partial charge in [-0.1, -0.05) is 6.92 Å². The van der Waals surface area contributed by atoms with Crippen LogP contribution in [0.2, 0.25) is 0 Å². The van der Waals surface area contributed by atoms with Crippen LogP contribution in [0.5, 0.6) is 0 Å². The molecule has 0 radical (unpaired) electrons. The molecule has 0 unspecified atom stereocenters. The van der Waals surface area contributed by atoms with Gasteiger partial charge in [-0.2, -0.15) is 4.68 Å². The molecule has 8 nitrogen and oxygen atoms in total. The van der Waals surface area contributed by atoms with E-state index in [0.717, 1.165) is 24.5 Å². The number of nitrogens with one attached hydrogen (secondary N) is 1. The van der Waals surface area contributed by atoms with Gasteiger partial charge in [0.2, 0.25) is 0 Å². The fourth-order valence-electron chi connectivity index (χ4n) is 1.96. The summed E-state index contributed by atoms with van der Waals surface area (Å²) in [4.78, 5) is 19.0. The van der Waals surface area contributed by atoms with Crippen molar-refractivity contribution in [2.45, 2.75) is 33.7 Å². The van der Waals surface area contributed by atoms with Crippen LogP contribution in [-0.2, 0) is 6.54 Å². The van der Waals surface area contributed by atoms with Gasteiger partial charge in [0.1, 0.15) is 12.4 Å². The molecule has 2 aromatic heterocycles. The minimum Gasteiger partial charge on any atom is -0.370 e. The predicted octanol–water partition coefficient (Wildman–Crippen LogP) is 2.07. The van der Waals surface area contributed by atoms with Gasteiger partial charge < -0.3 is 15.4 Å². The van der Waals surface area contributed by atoms with Gasteiger partial charge in [-0.25, -0.2) is 9.97 Å². The van der Waals surface area contributed by atoms with Gasteiger partial charge in [-0.05, 0) is 25.2 Å². The SMILES string of the molecule is CCCNc1cc(C)nc(Cn2cc(C)c([N+](=O)[O-])n2)n1. The lowest BCUT2D eigenvalue weighted by Crippen LogP contribution is -2.10. The zero-order valence-electron chi connectivity index (χ0n) is 12.3. The molecular formula is C13H18N6O2. The number of hydrogen-bond acceptors (Lipinski definition) is 6. The molecule has 0 bridgehead atoms. The molecule has 112 valence electrons. The third-order valence-electron chi connectivity index (χ3n) is 2.85. The number of aromatic nitrogens is 4. The molecule has 0 aromatic carbocycles. The van der Waals surface area contributed by atoms with Crippen LogP contribution < -0.4 is 5.32 Å². The number of nitrogens with zero attached hydrogens (tertiary/aromatic N) is 5. The highest BCUT2D eigenvalue weighted by atomic mass is 16.6. The first-order valence-corrected chi connectivity index (χ1v) is 6.76. The largest absolute Gasteiger partial charge is 0.392 e. The van der Waals surface area contributed by atoms with E-state index >= 15 is 0 Å². The van der Waals surface area contributed by atoms with Crippen molar-refractivity contribution in [2.75, 3.05) is 11.9 Å². The monoisotopic (exact) mass is 290 g/mol. The van der Waals surface area contributed by atoms with Crippen LogP contribution in [0.1, 0.15) is 30.4 Å². The summed E-state index contributed by atoms with van der Waals surface area (Å²) in [5.74, 6) is 1.20. The third kappa shape index (κ3) is 3.74. The lowest BCUT2D eigenvalue weighted by molar-refractivity contribution is -0.390. The average molecular weight is 290 g/mol. The van der Waals surface area contributed by atoms with Gasteiger partial charge in [-0.15, -0.1) is 0 Å². The molecule has 0 aliphatic heterocycles. The molecule has 1 N–H and O–H groups in total. The van der Waals surface area contributed by atoms with E-state index < -0.39 is 4.92 Å². The minimum absolute atomic E-state index is 0.132. The summed E-state index contributed by atoms with van der Waals surface area (Å²) >= 11 is 0. The van der Waals surface area contributed by atoms with Crippen molar-refractivity contribution < 1.29 is 4.92 Å². The molecule has 8 heteroatoms. The Bertz CT molecular complexity index is 652. The van der Waals surface area contributed by atoms with Crippen molar-refractivity contribution in [3.63, 3.8) is 0 Å². The van der Waals surface area contributed by atoms with Gasteiger partial charge in [0.15, 0.2) is 5.82 Å². The quantitative estimate of drug-likeness (QED) is 0.646. The molecule has 2 aromatic rings. The zero-order chi connectivity index (χ0) is 15.4. The first-order valence-electron chi connectivity index (χ1n) is 6.76. The Morgan fingerprint density at radius 2 is 2.14 bits per heavy atom. The highest BCUT2D eigenvalue weighted by molar-refractivity contribution is 5.35. The van der Waals surface area contributed by atoms with Gasteiger partial charge in [0.05, 0.1) is 16.9 Å². The summed E-state index contributed by atoms with van der Waals surface area (Å²) in [6.45, 7) is 6.76. The molecule has 2 heterocycles. The van der Waals surface area contributed by atoms with Gasteiger partial charge >= 0.3 is 5.82 Å². The maximum atomic E-state index is 10.8. The second-order valence-electron chi connectivity index (χ2n) is 4.83. The number of rotatable bonds is 6. The number of hydrogen-bond donors (Lipinski definition) is 1. The highest BCUT2D eigenvalue weighted by Crippen LogP contribution is 2.15. The van der Waals surface area contributed by atoms with E-state index in [2.05, 4.69) is 27.3 Å². The third-order valence-corrected chi connectivity index (χ3v) is 2.85. The topological polar surface area (TPSA) is 98.8 Å². The van der Waals surface area contributed by atoms with Gasteiger partial charge in [-0.3, -0.25) is 0 Å². The van der Waals surface area contributed by atoms with E-state index in [1.54, 1.807) is 13.1 Å². The Morgan fingerprint density at radius 1 is 1.38 bits per heavy atom. The summed E-state index contributed by atoms with van der Waals surface area (Å²) in [5, 5.41) is 18.0. The van der Waals surface area contributed by atoms with Crippen molar-refractivity contribution in [2.24, 2.45) is 0 Å². The van der Waals surface area contributed by atoms with Crippen LogP contribution in [0.25, 0.3) is 0 Å². The van der Waals surface area contributed by atoms with Gasteiger partial charge in [0, 0.05) is 18.3 Å². The van der Waals surface area contributed by atoms with E-state index in [-0.39, 0.29) is 5.82 Å². The maximum absolute atomic E-state index is 10.8. The van der Waals surface area contributed by atoms with E-state index in [9.17, 15) is 10.1 Å². The van der Waals surface area contributed by atoms with Crippen LogP contribution >= 0.6 is 0 Å². The standard InChI is InChI=1S/C13H18N6O2/c1-4-5-14-11-6-10(3)15-12(16-11)8-18-7-9(2)13(17-18)19(20)21/h6-7H,4-5,8H2,1-3H3,(H,14,15,16). The first-order chi connectivity index (χ1) is 9.99. The fourth-order valence-corrected chi connectivity index (χ4v) is 1.96. The van der Waals surface area contributed by atoms with Crippen LogP contribution in [0, 0.1) is 24.0 Å². The van der Waals surface area contributed by atoms with Crippen LogP contribution in [-0.4, -0.2) is 31.2 Å². The average Bonchev–Trinajstić information content (AvgIpc) is 2.76. The second-order valence-corrected chi connectivity index (χ2v) is 4.83. The van der Waals surface area contributed by atoms with Crippen molar-refractivity contribution in [3.05, 3.63) is 39.5 Å². The lowest BCUT2D eigenvalue weighted by Gasteiger charge is -2.06. The molecule has 21 heavy (non-hydrogen) atoms. The molecule has 0 saturated heterocycles. The van der Waals surface area contributed by atoms with E-state index in [4.69, 9.17) is 0 Å². The molecule has 0 amide bonds. The van der Waals surface area contributed by atoms with E-state index in [0.29, 0.717) is 17.9 Å². The molecular weight excluding hydrogens is 272 g/mol. The van der Waals surface area contributed by atoms with Crippen LogP contribution in [0.15, 0.2) is 12.3 Å². The molecule has 2 rings (SSSR count). The summed E-state index contributed by atoms with van der Waals surface area (Å²) in [7, 11) is 0. The van der Waals surface area contributed by atoms with Crippen LogP contribution in [0.4, 0.5) is 11.6 Å². The summed E-state index contributed by atoms with van der Waals surface area (Å²) in [5.41, 5.74) is 1.37. The zero-order valence-corrected chi connectivity index (χ0v) is 12.3. The lowest BCUT2D eigenvalue weighted by atomic mass is 10.4. The minimum atomic E-state index is -0.489. The maximum Gasteiger partial charge on any atom is 0.392 e. The number of aryl methyl sites for hydroxylation is 2. The number of anilines is 1. The first kappa shape index (κ1) is 14.9. The normalized spacial score (nSPS) is 10.6. The van der Waals surface area contributed by atoms with E-state index in [1.165, 1.54) is 4.68 Å². The Labute approximate surface area is 122 Å². The summed E-state index contributed by atoms with van der Waals surface area (Å²) < 4.78 is 1.49. The van der Waals surface area contributed by atoms with Crippen molar-refractivity contribution in [3.8, 4) is 0 Å². The molecule has 0 fully saturated rings. The van der Waals surface area contributed by atoms with Crippen molar-refractivity contribution in [1.29, 1.82) is 0 Å². The number of nitro groups is 1. The molecule has 0 aliphatic rings. The molecule has 0 spiro atoms. The van der Waals surface area contributed by atoms with Gasteiger partial charge in [0.25, 0.3) is 0 Å². The van der Waals surface area contributed by atoms with Crippen molar-refractivity contribution >= 4 is 11.6 Å². The highest BCUT2D eigenvalue weighted by Gasteiger charge is 2.17. The molecule has 0 saturated carbocycles. The van der Waals surface area contributed by atoms with Crippen LogP contribution in [0.3, 0.4) is 0 Å². The smallest absolute Gasteiger partial charge is 0.370 e. The Morgan fingerprint density at radius 3 is 2.76 bits per heavy atom. The predicted molar refractivity (Wildman–Crippen MR) is 78.3 cm³/mol. The second kappa shape index (κ2) is 6.29. The Balaban J connectivity index is 2.20. The Kier molecular flexibility index (Phi) is 4.46. The van der Waals surface area contributed by atoms with Crippen molar-refractivity contribution in [1.82, 2.24) is 19.7 Å². The fraction of sp³-hybridized carbons (Fsp3) is 0.462. The molecule has 0 atom stereocenters. The summed E-state index contributed by atoms with van der Waals surface area (Å²) in [6.07, 6.45) is 2.63. The summed E-state index contributed by atoms with van der Waals surface area (Å²) in [6, 6.07) is 1.87. The molecule has 0 aliphatic carbocycles. The Hall–Kier alpha value is -2.51. The van der Waals surface area contributed by atoms with E-state index in [1.807, 2.05) is 13.0 Å².